The van der Waals surface area contributed by atoms with Crippen LogP contribution in [-0.2, 0) is 9.53 Å². The first-order valence-corrected chi connectivity index (χ1v) is 6.55. The Morgan fingerprint density at radius 2 is 2.36 bits per heavy atom. The first kappa shape index (κ1) is 10.5. The van der Waals surface area contributed by atoms with E-state index in [0.717, 1.165) is 31.6 Å². The normalized spacial score (nSPS) is 38.4. The van der Waals surface area contributed by atoms with Crippen LogP contribution in [0.2, 0.25) is 0 Å². The summed E-state index contributed by atoms with van der Waals surface area (Å²) in [6.45, 7) is 0.893. The lowest BCUT2D eigenvalue weighted by atomic mass is 9.94. The summed E-state index contributed by atoms with van der Waals surface area (Å²) in [4.78, 5) is 11.1. The molecule has 3 heteroatoms. The number of carbonyl (C=O) groups excluding carboxylic acids is 1. The quantitative estimate of drug-likeness (QED) is 0.675. The second-order valence-electron chi connectivity index (χ2n) is 4.33. The van der Waals surface area contributed by atoms with Gasteiger partial charge in [0.05, 0.1) is 10.9 Å². The van der Waals surface area contributed by atoms with E-state index in [-0.39, 0.29) is 4.75 Å². The van der Waals surface area contributed by atoms with Gasteiger partial charge < -0.3 is 9.53 Å². The van der Waals surface area contributed by atoms with E-state index in [0.29, 0.717) is 6.10 Å². The van der Waals surface area contributed by atoms with Crippen molar-refractivity contribution in [2.45, 2.75) is 49.4 Å². The Labute approximate surface area is 89.8 Å². The summed E-state index contributed by atoms with van der Waals surface area (Å²) in [5.41, 5.74) is 0. The van der Waals surface area contributed by atoms with Gasteiger partial charge in [0.1, 0.15) is 6.29 Å². The van der Waals surface area contributed by atoms with Gasteiger partial charge in [-0.15, -0.1) is 11.8 Å². The molecule has 14 heavy (non-hydrogen) atoms. The molecule has 0 N–H and O–H groups in total. The fourth-order valence-corrected chi connectivity index (χ4v) is 3.73. The smallest absolute Gasteiger partial charge is 0.136 e. The van der Waals surface area contributed by atoms with Gasteiger partial charge in [0.15, 0.2) is 0 Å². The second-order valence-corrected chi connectivity index (χ2v) is 5.84. The molecule has 2 heterocycles. The van der Waals surface area contributed by atoms with Crippen LogP contribution in [0.4, 0.5) is 0 Å². The summed E-state index contributed by atoms with van der Waals surface area (Å²) in [7, 11) is 0. The Morgan fingerprint density at radius 3 is 2.93 bits per heavy atom. The van der Waals surface area contributed by atoms with Crippen LogP contribution >= 0.6 is 11.8 Å². The predicted molar refractivity (Wildman–Crippen MR) is 58.7 cm³/mol. The molecular weight excluding hydrogens is 196 g/mol. The first-order chi connectivity index (χ1) is 6.85. The Kier molecular flexibility index (Phi) is 3.50. The lowest BCUT2D eigenvalue weighted by Crippen LogP contribution is -2.32. The maximum atomic E-state index is 11.1. The van der Waals surface area contributed by atoms with Crippen LogP contribution in [0, 0.1) is 0 Å². The Bertz CT molecular complexity index is 193. The largest absolute Gasteiger partial charge is 0.378 e. The Hall–Kier alpha value is -0.0200. The van der Waals surface area contributed by atoms with E-state index in [9.17, 15) is 4.79 Å². The maximum absolute atomic E-state index is 11.1. The highest BCUT2D eigenvalue weighted by molar-refractivity contribution is 8.01. The fraction of sp³-hybridized carbons (Fsp3) is 0.909. The van der Waals surface area contributed by atoms with Crippen LogP contribution in [0.5, 0.6) is 0 Å². The van der Waals surface area contributed by atoms with Crippen molar-refractivity contribution in [1.82, 2.24) is 0 Å². The van der Waals surface area contributed by atoms with Crippen molar-refractivity contribution < 1.29 is 9.53 Å². The van der Waals surface area contributed by atoms with E-state index in [1.165, 1.54) is 25.5 Å². The summed E-state index contributed by atoms with van der Waals surface area (Å²) in [6, 6.07) is 0. The van der Waals surface area contributed by atoms with E-state index < -0.39 is 0 Å². The minimum atomic E-state index is -0.0952. The lowest BCUT2D eigenvalue weighted by molar-refractivity contribution is -0.111. The van der Waals surface area contributed by atoms with Crippen molar-refractivity contribution in [3.63, 3.8) is 0 Å². The topological polar surface area (TPSA) is 26.3 Å². The molecule has 2 nitrogen and oxygen atoms in total. The van der Waals surface area contributed by atoms with Crippen LogP contribution in [-0.4, -0.2) is 29.5 Å². The van der Waals surface area contributed by atoms with Gasteiger partial charge in [-0.1, -0.05) is 0 Å². The average Bonchev–Trinajstić information content (AvgIpc) is 2.69. The van der Waals surface area contributed by atoms with Crippen molar-refractivity contribution in [2.75, 3.05) is 12.4 Å². The zero-order valence-electron chi connectivity index (χ0n) is 8.54. The summed E-state index contributed by atoms with van der Waals surface area (Å²) < 4.78 is 5.60. The predicted octanol–water partition coefficient (Wildman–Crippen LogP) is 2.41. The van der Waals surface area contributed by atoms with Crippen molar-refractivity contribution >= 4 is 18.0 Å². The van der Waals surface area contributed by atoms with Gasteiger partial charge in [0.2, 0.25) is 0 Å². The molecule has 0 aliphatic carbocycles. The third-order valence-electron chi connectivity index (χ3n) is 3.20. The van der Waals surface area contributed by atoms with E-state index in [2.05, 4.69) is 0 Å². The van der Waals surface area contributed by atoms with E-state index in [1.807, 2.05) is 11.8 Å². The average molecular weight is 214 g/mol. The van der Waals surface area contributed by atoms with Gasteiger partial charge in [-0.05, 0) is 44.3 Å². The zero-order valence-corrected chi connectivity index (χ0v) is 9.35. The van der Waals surface area contributed by atoms with Crippen LogP contribution in [0.15, 0.2) is 0 Å². The molecule has 0 bridgehead atoms. The minimum Gasteiger partial charge on any atom is -0.378 e. The molecule has 2 aliphatic rings. The maximum Gasteiger partial charge on any atom is 0.136 e. The molecular formula is C11H18O2S. The highest BCUT2D eigenvalue weighted by atomic mass is 32.2. The standard InChI is InChI=1S/C11H18O2S/c12-9-11(5-3-7-14-11)8-10-4-1-2-6-13-10/h9-10H,1-8H2. The molecule has 0 aromatic rings. The minimum absolute atomic E-state index is 0.0952. The number of rotatable bonds is 3. The highest BCUT2D eigenvalue weighted by Gasteiger charge is 2.37. The third-order valence-corrected chi connectivity index (χ3v) is 4.73. The summed E-state index contributed by atoms with van der Waals surface area (Å²) in [6.07, 6.45) is 8.32. The monoisotopic (exact) mass is 214 g/mol. The number of ether oxygens (including phenoxy) is 1. The molecule has 0 aromatic heterocycles. The van der Waals surface area contributed by atoms with Crippen molar-refractivity contribution in [3.8, 4) is 0 Å². The van der Waals surface area contributed by atoms with E-state index in [1.54, 1.807) is 0 Å². The van der Waals surface area contributed by atoms with Gasteiger partial charge in [-0.2, -0.15) is 0 Å². The van der Waals surface area contributed by atoms with Gasteiger partial charge in [0.25, 0.3) is 0 Å². The molecule has 2 unspecified atom stereocenters. The number of carbonyl (C=O) groups is 1. The summed E-state index contributed by atoms with van der Waals surface area (Å²) >= 11 is 1.84. The van der Waals surface area contributed by atoms with Gasteiger partial charge in [-0.25, -0.2) is 0 Å². The second kappa shape index (κ2) is 4.67. The summed E-state index contributed by atoms with van der Waals surface area (Å²) in [5.74, 6) is 1.14. The number of thioether (sulfide) groups is 1. The highest BCUT2D eigenvalue weighted by Crippen LogP contribution is 2.41. The molecule has 0 aromatic carbocycles. The van der Waals surface area contributed by atoms with E-state index in [4.69, 9.17) is 4.74 Å². The third kappa shape index (κ3) is 2.31. The summed E-state index contributed by atoms with van der Waals surface area (Å²) in [5, 5.41) is 0. The zero-order chi connectivity index (χ0) is 9.86. The fourth-order valence-electron chi connectivity index (χ4n) is 2.37. The van der Waals surface area contributed by atoms with Crippen LogP contribution in [0.1, 0.15) is 38.5 Å². The Morgan fingerprint density at radius 1 is 1.43 bits per heavy atom. The number of aldehydes is 1. The molecule has 0 saturated carbocycles. The van der Waals surface area contributed by atoms with Gasteiger partial charge in [-0.3, -0.25) is 0 Å². The lowest BCUT2D eigenvalue weighted by Gasteiger charge is -2.29. The molecule has 2 atom stereocenters. The SMILES string of the molecule is O=CC1(CC2CCCCO2)CCCS1. The van der Waals surface area contributed by atoms with E-state index >= 15 is 0 Å². The molecule has 2 rings (SSSR count). The molecule has 80 valence electrons. The van der Waals surface area contributed by atoms with Crippen LogP contribution in [0.25, 0.3) is 0 Å². The van der Waals surface area contributed by atoms with Crippen molar-refractivity contribution in [2.24, 2.45) is 0 Å². The Balaban J connectivity index is 1.89. The van der Waals surface area contributed by atoms with Crippen LogP contribution < -0.4 is 0 Å². The molecule has 2 fully saturated rings. The molecule has 2 saturated heterocycles. The molecule has 0 amide bonds. The van der Waals surface area contributed by atoms with Gasteiger partial charge >= 0.3 is 0 Å². The molecule has 2 aliphatic heterocycles. The van der Waals surface area contributed by atoms with Crippen molar-refractivity contribution in [1.29, 1.82) is 0 Å². The molecule has 0 spiro atoms. The van der Waals surface area contributed by atoms with Crippen molar-refractivity contribution in [3.05, 3.63) is 0 Å². The number of hydrogen-bond donors (Lipinski definition) is 0. The first-order valence-electron chi connectivity index (χ1n) is 5.57. The van der Waals surface area contributed by atoms with Crippen LogP contribution in [0.3, 0.4) is 0 Å². The number of hydrogen-bond acceptors (Lipinski definition) is 3. The van der Waals surface area contributed by atoms with Gasteiger partial charge in [0, 0.05) is 6.61 Å². The molecule has 0 radical (unpaired) electrons.